The fourth-order valence-corrected chi connectivity index (χ4v) is 5.80. The SMILES string of the molecule is CC(C)[C@H]1NC(=O)[C@@H](NC(=O)c2ccc3c(c2)OCCO3)Cc2ccc(cc2)OCCNC(=O)Cn2nc(-c3ccccc3)nc2[C@H](C)NC1=O. The second kappa shape index (κ2) is 15.7. The molecule has 0 radical (unpaired) electrons. The van der Waals surface area contributed by atoms with Gasteiger partial charge in [-0.15, -0.1) is 0 Å². The third-order valence-corrected chi connectivity index (χ3v) is 8.50. The molecule has 3 atom stereocenters. The van der Waals surface area contributed by atoms with Crippen LogP contribution < -0.4 is 35.5 Å². The van der Waals surface area contributed by atoms with Gasteiger partial charge in [0.05, 0.1) is 12.6 Å². The van der Waals surface area contributed by atoms with Crippen LogP contribution in [-0.2, 0) is 27.3 Å². The van der Waals surface area contributed by atoms with E-state index in [9.17, 15) is 19.2 Å². The summed E-state index contributed by atoms with van der Waals surface area (Å²) in [7, 11) is 0. The maximum absolute atomic E-state index is 14.0. The Hall–Kier alpha value is -5.92. The van der Waals surface area contributed by atoms with E-state index < -0.39 is 35.8 Å². The molecular formula is C37H41N7O7. The molecule has 3 aromatic carbocycles. The highest BCUT2D eigenvalue weighted by atomic mass is 16.6. The Morgan fingerprint density at radius 2 is 1.63 bits per heavy atom. The zero-order valence-corrected chi connectivity index (χ0v) is 28.7. The summed E-state index contributed by atoms with van der Waals surface area (Å²) in [5.74, 6) is 0.200. The van der Waals surface area contributed by atoms with Crippen molar-refractivity contribution in [2.24, 2.45) is 5.92 Å². The van der Waals surface area contributed by atoms with Gasteiger partial charge in [-0.05, 0) is 48.7 Å². The predicted molar refractivity (Wildman–Crippen MR) is 186 cm³/mol. The highest BCUT2D eigenvalue weighted by Gasteiger charge is 2.31. The predicted octanol–water partition coefficient (Wildman–Crippen LogP) is 2.58. The topological polar surface area (TPSA) is 175 Å². The van der Waals surface area contributed by atoms with E-state index in [-0.39, 0.29) is 37.9 Å². The van der Waals surface area contributed by atoms with Gasteiger partial charge in [0.25, 0.3) is 5.91 Å². The van der Waals surface area contributed by atoms with Crippen molar-refractivity contribution in [1.82, 2.24) is 36.0 Å². The Kier molecular flexibility index (Phi) is 10.8. The summed E-state index contributed by atoms with van der Waals surface area (Å²) < 4.78 is 18.5. The number of nitrogens with one attached hydrogen (secondary N) is 4. The number of rotatable bonds is 4. The third kappa shape index (κ3) is 8.63. The lowest BCUT2D eigenvalue weighted by molar-refractivity contribution is -0.131. The molecule has 0 fully saturated rings. The lowest BCUT2D eigenvalue weighted by Gasteiger charge is -2.27. The van der Waals surface area contributed by atoms with Crippen LogP contribution in [0.1, 0.15) is 48.6 Å². The summed E-state index contributed by atoms with van der Waals surface area (Å²) in [4.78, 5) is 59.0. The first-order valence-electron chi connectivity index (χ1n) is 16.9. The molecule has 14 heteroatoms. The number of carbonyl (C=O) groups excluding carboxylic acids is 4. The fourth-order valence-electron chi connectivity index (χ4n) is 5.80. The number of carbonyl (C=O) groups is 4. The monoisotopic (exact) mass is 695 g/mol. The van der Waals surface area contributed by atoms with Crippen LogP contribution >= 0.6 is 0 Å². The van der Waals surface area contributed by atoms with Crippen molar-refractivity contribution in [3.63, 3.8) is 0 Å². The molecule has 0 spiro atoms. The second-order valence-electron chi connectivity index (χ2n) is 12.7. The van der Waals surface area contributed by atoms with Crippen molar-refractivity contribution < 1.29 is 33.4 Å². The van der Waals surface area contributed by atoms with E-state index in [1.807, 2.05) is 44.2 Å². The van der Waals surface area contributed by atoms with Crippen LogP contribution in [0.25, 0.3) is 11.4 Å². The summed E-state index contributed by atoms with van der Waals surface area (Å²) in [5.41, 5.74) is 1.79. The molecule has 2 bridgehead atoms. The Labute approximate surface area is 295 Å². The van der Waals surface area contributed by atoms with Crippen molar-refractivity contribution in [2.75, 3.05) is 26.4 Å². The molecule has 4 N–H and O–H groups in total. The molecular weight excluding hydrogens is 654 g/mol. The van der Waals surface area contributed by atoms with Crippen molar-refractivity contribution in [1.29, 1.82) is 0 Å². The van der Waals surface area contributed by atoms with E-state index in [1.165, 1.54) is 4.68 Å². The molecule has 0 saturated carbocycles. The van der Waals surface area contributed by atoms with Crippen LogP contribution in [0.15, 0.2) is 72.8 Å². The second-order valence-corrected chi connectivity index (χ2v) is 12.7. The van der Waals surface area contributed by atoms with Crippen LogP contribution in [0.2, 0.25) is 0 Å². The minimum absolute atomic E-state index is 0.132. The average Bonchev–Trinajstić information content (AvgIpc) is 3.56. The lowest BCUT2D eigenvalue weighted by atomic mass is 10.00. The van der Waals surface area contributed by atoms with Crippen LogP contribution in [0.3, 0.4) is 0 Å². The van der Waals surface area contributed by atoms with Crippen molar-refractivity contribution in [3.05, 3.63) is 89.7 Å². The van der Waals surface area contributed by atoms with Crippen molar-refractivity contribution in [2.45, 2.75) is 51.9 Å². The van der Waals surface area contributed by atoms with Gasteiger partial charge in [-0.25, -0.2) is 9.67 Å². The van der Waals surface area contributed by atoms with Gasteiger partial charge >= 0.3 is 0 Å². The summed E-state index contributed by atoms with van der Waals surface area (Å²) in [6.07, 6.45) is 0.132. The number of amides is 4. The Morgan fingerprint density at radius 1 is 0.882 bits per heavy atom. The standard InChI is InChI=1S/C37H41N7O7/c1-22(2)32-37(48)39-23(3)34-42-33(25-7-5-4-6-8-25)43-44(34)21-31(45)38-15-16-49-27-12-9-24(10-13-27)19-28(36(47)41-32)40-35(46)26-11-14-29-30(20-26)51-18-17-50-29/h4-14,20,22-23,28,32H,15-19,21H2,1-3H3,(H,38,45)(H,39,48)(H,40,46)(H,41,47)/t23-,28-,32+/m0/s1. The highest BCUT2D eigenvalue weighted by Crippen LogP contribution is 2.31. The molecule has 4 aromatic rings. The lowest BCUT2D eigenvalue weighted by Crippen LogP contribution is -2.56. The summed E-state index contributed by atoms with van der Waals surface area (Å²) in [6, 6.07) is 18.6. The van der Waals surface area contributed by atoms with E-state index in [1.54, 1.807) is 49.4 Å². The Bertz CT molecular complexity index is 1880. The van der Waals surface area contributed by atoms with Gasteiger partial charge in [0, 0.05) is 17.5 Å². The molecule has 0 saturated heterocycles. The van der Waals surface area contributed by atoms with Gasteiger partial charge in [-0.2, -0.15) is 5.10 Å². The Morgan fingerprint density at radius 3 is 2.37 bits per heavy atom. The first-order chi connectivity index (χ1) is 24.6. The molecule has 7 rings (SSSR count). The van der Waals surface area contributed by atoms with Gasteiger partial charge in [-0.3, -0.25) is 19.2 Å². The molecule has 1 aromatic heterocycles. The number of ether oxygens (including phenoxy) is 3. The summed E-state index contributed by atoms with van der Waals surface area (Å²) in [6.45, 7) is 6.46. The van der Waals surface area contributed by atoms with Gasteiger partial charge in [0.2, 0.25) is 17.7 Å². The molecule has 4 heterocycles. The summed E-state index contributed by atoms with van der Waals surface area (Å²) >= 11 is 0. The minimum atomic E-state index is -1.04. The normalized spacial score (nSPS) is 19.9. The van der Waals surface area contributed by atoms with E-state index in [0.717, 1.165) is 11.1 Å². The summed E-state index contributed by atoms with van der Waals surface area (Å²) in [5, 5.41) is 16.1. The molecule has 3 aliphatic rings. The van der Waals surface area contributed by atoms with Gasteiger partial charge in [-0.1, -0.05) is 56.3 Å². The smallest absolute Gasteiger partial charge is 0.252 e. The number of aromatic nitrogens is 3. The van der Waals surface area contributed by atoms with Gasteiger partial charge in [0.1, 0.15) is 50.0 Å². The largest absolute Gasteiger partial charge is 0.492 e. The zero-order chi connectivity index (χ0) is 35.9. The van der Waals surface area contributed by atoms with E-state index in [4.69, 9.17) is 19.2 Å². The molecule has 3 aliphatic heterocycles. The zero-order valence-electron chi connectivity index (χ0n) is 28.7. The number of hydrogen-bond acceptors (Lipinski definition) is 9. The van der Waals surface area contributed by atoms with Gasteiger partial charge in [0.15, 0.2) is 17.3 Å². The Balaban J connectivity index is 1.28. The number of fused-ring (bicyclic) bond motifs is 15. The van der Waals surface area contributed by atoms with E-state index in [2.05, 4.69) is 26.4 Å². The molecule has 0 aliphatic carbocycles. The van der Waals surface area contributed by atoms with E-state index >= 15 is 0 Å². The molecule has 4 amide bonds. The maximum atomic E-state index is 14.0. The molecule has 266 valence electrons. The van der Waals surface area contributed by atoms with Crippen LogP contribution in [0, 0.1) is 5.92 Å². The van der Waals surface area contributed by atoms with Crippen LogP contribution in [-0.4, -0.2) is 76.8 Å². The van der Waals surface area contributed by atoms with Crippen LogP contribution in [0.4, 0.5) is 0 Å². The highest BCUT2D eigenvalue weighted by molar-refractivity contribution is 5.99. The average molecular weight is 696 g/mol. The number of hydrogen-bond donors (Lipinski definition) is 4. The molecule has 0 unspecified atom stereocenters. The molecule has 14 nitrogen and oxygen atoms in total. The van der Waals surface area contributed by atoms with E-state index in [0.29, 0.717) is 47.7 Å². The third-order valence-electron chi connectivity index (χ3n) is 8.50. The van der Waals surface area contributed by atoms with Crippen molar-refractivity contribution >= 4 is 23.6 Å². The first kappa shape index (κ1) is 34.9. The fraction of sp³-hybridized carbons (Fsp3) is 0.351. The number of benzene rings is 3. The number of nitrogens with zero attached hydrogens (tertiary/aromatic N) is 3. The van der Waals surface area contributed by atoms with Crippen molar-refractivity contribution in [3.8, 4) is 28.6 Å². The van der Waals surface area contributed by atoms with Gasteiger partial charge < -0.3 is 35.5 Å². The maximum Gasteiger partial charge on any atom is 0.252 e. The first-order valence-corrected chi connectivity index (χ1v) is 16.9. The minimum Gasteiger partial charge on any atom is -0.492 e. The van der Waals surface area contributed by atoms with Crippen LogP contribution in [0.5, 0.6) is 17.2 Å². The molecule has 51 heavy (non-hydrogen) atoms. The quantitative estimate of drug-likeness (QED) is 0.250.